The number of hydrogen-bond acceptors (Lipinski definition) is 1. The second-order valence-corrected chi connectivity index (χ2v) is 4.77. The molecule has 1 fully saturated rings. The smallest absolute Gasteiger partial charge is 0.312 e. The molecule has 0 bridgehead atoms. The minimum atomic E-state index is -4.56. The molecular weight excluding hydrogens is 295 g/mol. The molecule has 1 atom stereocenters. The van der Waals surface area contributed by atoms with E-state index in [2.05, 4.69) is 0 Å². The van der Waals surface area contributed by atoms with Crippen molar-refractivity contribution < 1.29 is 26.7 Å². The van der Waals surface area contributed by atoms with Crippen LogP contribution in [0, 0.1) is 11.6 Å². The first kappa shape index (κ1) is 15.5. The zero-order valence-electron chi connectivity index (χ0n) is 10.9. The summed E-state index contributed by atoms with van der Waals surface area (Å²) in [4.78, 5) is 12.5. The normalized spacial score (nSPS) is 19.5. The van der Waals surface area contributed by atoms with Crippen LogP contribution < -0.4 is 5.32 Å². The van der Waals surface area contributed by atoms with Crippen molar-refractivity contribution in [1.29, 1.82) is 0 Å². The first-order chi connectivity index (χ1) is 9.80. The maximum atomic E-state index is 13.4. The molecule has 8 heteroatoms. The quantitative estimate of drug-likeness (QED) is 0.784. The van der Waals surface area contributed by atoms with Crippen LogP contribution >= 0.6 is 0 Å². The number of urea groups is 1. The molecule has 0 aromatic heterocycles. The van der Waals surface area contributed by atoms with Crippen LogP contribution in [0.5, 0.6) is 0 Å². The third-order valence-corrected chi connectivity index (χ3v) is 3.34. The number of para-hydroxylation sites is 1. The van der Waals surface area contributed by atoms with Gasteiger partial charge >= 0.3 is 12.2 Å². The van der Waals surface area contributed by atoms with E-state index in [1.165, 1.54) is 0 Å². The highest BCUT2D eigenvalue weighted by molar-refractivity contribution is 5.90. The van der Waals surface area contributed by atoms with Gasteiger partial charge in [-0.2, -0.15) is 13.2 Å². The second-order valence-electron chi connectivity index (χ2n) is 4.77. The molecule has 1 aromatic rings. The average Bonchev–Trinajstić information content (AvgIpc) is 2.42. The lowest BCUT2D eigenvalue weighted by molar-refractivity contribution is -0.181. The van der Waals surface area contributed by atoms with Gasteiger partial charge in [-0.15, -0.1) is 0 Å². The third-order valence-electron chi connectivity index (χ3n) is 3.34. The zero-order chi connectivity index (χ0) is 15.6. The Morgan fingerprint density at radius 3 is 2.38 bits per heavy atom. The van der Waals surface area contributed by atoms with Crippen LogP contribution in [0.1, 0.15) is 19.3 Å². The van der Waals surface area contributed by atoms with Crippen molar-refractivity contribution in [1.82, 2.24) is 4.90 Å². The number of carbonyl (C=O) groups is 1. The maximum absolute atomic E-state index is 13.4. The molecule has 1 saturated heterocycles. The first-order valence-corrected chi connectivity index (χ1v) is 6.39. The minimum absolute atomic E-state index is 0.105. The van der Waals surface area contributed by atoms with E-state index in [0.29, 0.717) is 17.7 Å². The van der Waals surface area contributed by atoms with Gasteiger partial charge in [-0.05, 0) is 31.4 Å². The number of carbonyl (C=O) groups excluding carboxylic acids is 1. The Balaban J connectivity index is 2.18. The third kappa shape index (κ3) is 3.43. The SMILES string of the molecule is O=C(Nc1c(F)cccc1F)N1CCCCC1C(F)(F)F. The standard InChI is InChI=1S/C13H13F5N2O/c14-8-4-3-5-9(15)11(8)19-12(21)20-7-2-1-6-10(20)13(16,17)18/h3-5,10H,1-2,6-7H2,(H,19,21). The number of alkyl halides is 3. The van der Waals surface area contributed by atoms with E-state index in [4.69, 9.17) is 0 Å². The summed E-state index contributed by atoms with van der Waals surface area (Å²) in [6.45, 7) is -0.105. The van der Waals surface area contributed by atoms with E-state index in [-0.39, 0.29) is 13.0 Å². The Labute approximate surface area is 117 Å². The fourth-order valence-electron chi connectivity index (χ4n) is 2.31. The van der Waals surface area contributed by atoms with Crippen molar-refractivity contribution in [3.63, 3.8) is 0 Å². The van der Waals surface area contributed by atoms with Gasteiger partial charge in [-0.25, -0.2) is 13.6 Å². The summed E-state index contributed by atoms with van der Waals surface area (Å²) in [5.74, 6) is -2.08. The molecule has 1 N–H and O–H groups in total. The molecule has 1 unspecified atom stereocenters. The molecular formula is C13H13F5N2O. The fraction of sp³-hybridized carbons (Fsp3) is 0.462. The molecule has 2 rings (SSSR count). The van der Waals surface area contributed by atoms with Crippen molar-refractivity contribution in [3.05, 3.63) is 29.8 Å². The molecule has 0 aliphatic carbocycles. The van der Waals surface area contributed by atoms with Crippen LogP contribution in [-0.4, -0.2) is 29.7 Å². The predicted octanol–water partition coefficient (Wildman–Crippen LogP) is 3.91. The molecule has 1 aromatic carbocycles. The Hall–Kier alpha value is -1.86. The van der Waals surface area contributed by atoms with Gasteiger partial charge in [-0.3, -0.25) is 0 Å². The van der Waals surface area contributed by atoms with Gasteiger partial charge in [0, 0.05) is 6.54 Å². The number of hydrogen-bond donors (Lipinski definition) is 1. The number of piperidine rings is 1. The van der Waals surface area contributed by atoms with Crippen LogP contribution in [-0.2, 0) is 0 Å². The Morgan fingerprint density at radius 1 is 1.19 bits per heavy atom. The van der Waals surface area contributed by atoms with Crippen LogP contribution in [0.3, 0.4) is 0 Å². The molecule has 116 valence electrons. The number of nitrogens with one attached hydrogen (secondary N) is 1. The number of amides is 2. The van der Waals surface area contributed by atoms with Gasteiger partial charge in [0.05, 0.1) is 0 Å². The largest absolute Gasteiger partial charge is 0.408 e. The number of likely N-dealkylation sites (tertiary alicyclic amines) is 1. The molecule has 0 radical (unpaired) electrons. The molecule has 3 nitrogen and oxygen atoms in total. The number of halogens is 5. The summed E-state index contributed by atoms with van der Waals surface area (Å²) in [7, 11) is 0. The number of benzene rings is 1. The summed E-state index contributed by atoms with van der Waals surface area (Å²) < 4.78 is 65.5. The highest BCUT2D eigenvalue weighted by atomic mass is 19.4. The summed E-state index contributed by atoms with van der Waals surface area (Å²) in [5, 5.41) is 1.89. The Bertz CT molecular complexity index is 512. The van der Waals surface area contributed by atoms with E-state index in [1.807, 2.05) is 5.32 Å². The molecule has 1 aliphatic rings. The molecule has 21 heavy (non-hydrogen) atoms. The molecule has 1 aliphatic heterocycles. The van der Waals surface area contributed by atoms with Gasteiger partial charge in [0.25, 0.3) is 0 Å². The van der Waals surface area contributed by atoms with Crippen LogP contribution in [0.4, 0.5) is 32.4 Å². The number of rotatable bonds is 1. The summed E-state index contributed by atoms with van der Waals surface area (Å²) in [6, 6.07) is -0.159. The minimum Gasteiger partial charge on any atom is -0.312 e. The van der Waals surface area contributed by atoms with Gasteiger partial charge in [0.2, 0.25) is 0 Å². The van der Waals surface area contributed by atoms with E-state index in [9.17, 15) is 26.7 Å². The molecule has 2 amide bonds. The van der Waals surface area contributed by atoms with E-state index < -0.39 is 35.6 Å². The zero-order valence-corrected chi connectivity index (χ0v) is 10.9. The number of anilines is 1. The Morgan fingerprint density at radius 2 is 1.81 bits per heavy atom. The lowest BCUT2D eigenvalue weighted by atomic mass is 10.0. The molecule has 1 heterocycles. The maximum Gasteiger partial charge on any atom is 0.408 e. The monoisotopic (exact) mass is 308 g/mol. The lowest BCUT2D eigenvalue weighted by Gasteiger charge is -2.36. The number of nitrogens with zero attached hydrogens (tertiary/aromatic N) is 1. The van der Waals surface area contributed by atoms with E-state index >= 15 is 0 Å². The Kier molecular flexibility index (Phi) is 4.34. The van der Waals surface area contributed by atoms with Crippen molar-refractivity contribution in [3.8, 4) is 0 Å². The summed E-state index contributed by atoms with van der Waals surface area (Å²) in [5.41, 5.74) is -0.742. The van der Waals surface area contributed by atoms with Crippen molar-refractivity contribution in [2.24, 2.45) is 0 Å². The molecule has 0 spiro atoms. The van der Waals surface area contributed by atoms with Gasteiger partial charge in [-0.1, -0.05) is 6.07 Å². The van der Waals surface area contributed by atoms with Crippen molar-refractivity contribution in [2.75, 3.05) is 11.9 Å². The molecule has 0 saturated carbocycles. The summed E-state index contributed by atoms with van der Waals surface area (Å²) in [6.07, 6.45) is -4.01. The van der Waals surface area contributed by atoms with Gasteiger partial charge < -0.3 is 10.2 Å². The van der Waals surface area contributed by atoms with Crippen LogP contribution in [0.2, 0.25) is 0 Å². The van der Waals surface area contributed by atoms with Gasteiger partial charge in [0.1, 0.15) is 23.4 Å². The topological polar surface area (TPSA) is 32.3 Å². The average molecular weight is 308 g/mol. The fourth-order valence-corrected chi connectivity index (χ4v) is 2.31. The summed E-state index contributed by atoms with van der Waals surface area (Å²) >= 11 is 0. The first-order valence-electron chi connectivity index (χ1n) is 6.39. The predicted molar refractivity (Wildman–Crippen MR) is 65.8 cm³/mol. The van der Waals surface area contributed by atoms with Gasteiger partial charge in [0.15, 0.2) is 0 Å². The highest BCUT2D eigenvalue weighted by Crippen LogP contribution is 2.32. The van der Waals surface area contributed by atoms with E-state index in [0.717, 1.165) is 18.2 Å². The van der Waals surface area contributed by atoms with E-state index in [1.54, 1.807) is 0 Å². The highest BCUT2D eigenvalue weighted by Gasteiger charge is 2.46. The second kappa shape index (κ2) is 5.87. The van der Waals surface area contributed by atoms with Crippen molar-refractivity contribution in [2.45, 2.75) is 31.5 Å². The lowest BCUT2D eigenvalue weighted by Crippen LogP contribution is -2.52. The van der Waals surface area contributed by atoms with Crippen LogP contribution in [0.25, 0.3) is 0 Å². The van der Waals surface area contributed by atoms with Crippen molar-refractivity contribution >= 4 is 11.7 Å². The van der Waals surface area contributed by atoms with Crippen LogP contribution in [0.15, 0.2) is 18.2 Å².